The van der Waals surface area contributed by atoms with Gasteiger partial charge in [-0.2, -0.15) is 0 Å². The zero-order chi connectivity index (χ0) is 36.4. The molecule has 2 aromatic heterocycles. The Bertz CT molecular complexity index is 2230. The topological polar surface area (TPSA) is 114 Å². The average Bonchev–Trinajstić information content (AvgIpc) is 3.79. The number of aromatic nitrogens is 2. The van der Waals surface area contributed by atoms with Gasteiger partial charge in [-0.25, -0.2) is 8.78 Å². The highest BCUT2D eigenvalue weighted by Crippen LogP contribution is 2.26. The van der Waals surface area contributed by atoms with Crippen molar-refractivity contribution in [2.75, 3.05) is 39.3 Å². The number of amides is 4. The van der Waals surface area contributed by atoms with Crippen LogP contribution in [-0.2, 0) is 13.1 Å². The molecule has 3 aromatic carbocycles. The van der Waals surface area contributed by atoms with Crippen LogP contribution in [0.5, 0.6) is 0 Å². The van der Waals surface area contributed by atoms with Crippen LogP contribution < -0.4 is 5.73 Å². The predicted molar refractivity (Wildman–Crippen MR) is 201 cm³/mol. The number of halogens is 3. The Balaban J connectivity index is 0.000000191. The van der Waals surface area contributed by atoms with E-state index in [0.29, 0.717) is 52.6 Å². The Kier molecular flexibility index (Phi) is 11.2. The number of imide groups is 1. The average molecular weight is 741 g/mol. The second kappa shape index (κ2) is 16.0. The summed E-state index contributed by atoms with van der Waals surface area (Å²) in [5.74, 6) is -0.712. The highest BCUT2D eigenvalue weighted by molar-refractivity contribution is 6.21. The number of benzene rings is 3. The van der Waals surface area contributed by atoms with Gasteiger partial charge in [-0.15, -0.1) is 12.4 Å². The van der Waals surface area contributed by atoms with Gasteiger partial charge in [-0.3, -0.25) is 24.1 Å². The number of hydrogen-bond donors (Lipinski definition) is 1. The van der Waals surface area contributed by atoms with E-state index in [-0.39, 0.29) is 43.9 Å². The van der Waals surface area contributed by atoms with E-state index in [1.54, 1.807) is 30.3 Å². The highest BCUT2D eigenvalue weighted by atomic mass is 35.5. The fraction of sp³-hybridized carbons (Fsp3) is 0.250. The Hall–Kier alpha value is -5.59. The van der Waals surface area contributed by atoms with Gasteiger partial charge < -0.3 is 24.7 Å². The van der Waals surface area contributed by atoms with Crippen molar-refractivity contribution in [1.29, 1.82) is 0 Å². The Labute approximate surface area is 311 Å². The fourth-order valence-electron chi connectivity index (χ4n) is 6.63. The van der Waals surface area contributed by atoms with Crippen LogP contribution in [-0.4, -0.2) is 86.7 Å². The van der Waals surface area contributed by atoms with Gasteiger partial charge in [-0.05, 0) is 84.7 Å². The lowest BCUT2D eigenvalue weighted by atomic mass is 10.1. The first-order valence-electron chi connectivity index (χ1n) is 17.3. The number of rotatable bonds is 9. The molecule has 53 heavy (non-hydrogen) atoms. The second-order valence-corrected chi connectivity index (χ2v) is 13.2. The molecule has 0 bridgehead atoms. The minimum Gasteiger partial charge on any atom is -0.343 e. The summed E-state index contributed by atoms with van der Waals surface area (Å²) in [7, 11) is 0. The molecule has 0 aliphatic carbocycles. The van der Waals surface area contributed by atoms with Crippen molar-refractivity contribution in [3.05, 3.63) is 131 Å². The van der Waals surface area contributed by atoms with Gasteiger partial charge in [0.15, 0.2) is 0 Å². The molecule has 0 radical (unpaired) electrons. The van der Waals surface area contributed by atoms with E-state index in [2.05, 4.69) is 0 Å². The molecule has 3 aliphatic rings. The van der Waals surface area contributed by atoms with E-state index in [0.717, 1.165) is 65.7 Å². The van der Waals surface area contributed by atoms with Gasteiger partial charge in [0.1, 0.15) is 0 Å². The standard InChI is InChI=1S/C24H20FN3O3.C16H18FN3O.ClH/c25-13-16(15-28-23(30)19-4-1-2-5-20(19)24(28)31)14-27-11-8-17-12-18(6-7-21(17)27)22(29)26-9-3-10-26;17-9-12(10-18)11-20-7-4-13-8-14(2-3-15(13)20)16(21)19-5-1-6-19;/h1-2,4-8,11-13H,3,9-10,14-15H2;2-4,7-9H,1,5-6,10-11,18H2;1H/b16-13-;12-9+;. The summed E-state index contributed by atoms with van der Waals surface area (Å²) in [6.07, 6.45) is 6.85. The Morgan fingerprint density at radius 3 is 1.49 bits per heavy atom. The number of hydrogen-bond acceptors (Lipinski definition) is 5. The molecule has 5 aromatic rings. The second-order valence-electron chi connectivity index (χ2n) is 13.2. The fourth-order valence-corrected chi connectivity index (χ4v) is 6.63. The first-order valence-corrected chi connectivity index (χ1v) is 17.3. The third-order valence-electron chi connectivity index (χ3n) is 9.88. The van der Waals surface area contributed by atoms with Crippen LogP contribution in [0, 0.1) is 0 Å². The van der Waals surface area contributed by atoms with Gasteiger partial charge in [-0.1, -0.05) is 12.1 Å². The number of nitrogens with two attached hydrogens (primary N) is 1. The molecule has 5 heterocycles. The number of nitrogens with zero attached hydrogens (tertiary/aromatic N) is 5. The quantitative estimate of drug-likeness (QED) is 0.177. The molecule has 274 valence electrons. The van der Waals surface area contributed by atoms with Crippen LogP contribution in [0.25, 0.3) is 21.8 Å². The smallest absolute Gasteiger partial charge is 0.261 e. The zero-order valence-corrected chi connectivity index (χ0v) is 29.7. The van der Waals surface area contributed by atoms with Crippen molar-refractivity contribution in [2.24, 2.45) is 5.73 Å². The molecule has 13 heteroatoms. The normalized spacial score (nSPS) is 15.5. The van der Waals surface area contributed by atoms with Crippen LogP contribution >= 0.6 is 12.4 Å². The van der Waals surface area contributed by atoms with Crippen molar-refractivity contribution >= 4 is 57.8 Å². The summed E-state index contributed by atoms with van der Waals surface area (Å²) in [6, 6.07) is 21.5. The summed E-state index contributed by atoms with van der Waals surface area (Å²) >= 11 is 0. The highest BCUT2D eigenvalue weighted by Gasteiger charge is 2.35. The van der Waals surface area contributed by atoms with Gasteiger partial charge in [0.05, 0.1) is 30.3 Å². The number of fused-ring (bicyclic) bond motifs is 3. The molecule has 2 fully saturated rings. The van der Waals surface area contributed by atoms with E-state index in [4.69, 9.17) is 5.73 Å². The van der Waals surface area contributed by atoms with Gasteiger partial charge in [0.2, 0.25) is 0 Å². The predicted octanol–water partition coefficient (Wildman–Crippen LogP) is 6.36. The van der Waals surface area contributed by atoms with E-state index in [1.807, 2.05) is 73.8 Å². The van der Waals surface area contributed by atoms with Crippen LogP contribution in [0.1, 0.15) is 54.3 Å². The van der Waals surface area contributed by atoms with Crippen LogP contribution in [0.4, 0.5) is 8.78 Å². The summed E-state index contributed by atoms with van der Waals surface area (Å²) in [5, 5.41) is 1.86. The SMILES string of the molecule is Cl.NC/C(=C\F)Cn1ccc2cc(C(=O)N3CCC3)ccc21.O=C(c1ccc2c(ccn2C/C(=C/F)CN2C(=O)c3ccccc3C2=O)c1)N1CCC1. The van der Waals surface area contributed by atoms with Crippen molar-refractivity contribution < 1.29 is 28.0 Å². The Morgan fingerprint density at radius 1 is 0.642 bits per heavy atom. The lowest BCUT2D eigenvalue weighted by molar-refractivity contribution is 0.0645. The molecular formula is C40H39ClF2N6O4. The number of carbonyl (C=O) groups is 4. The van der Waals surface area contributed by atoms with Crippen LogP contribution in [0.3, 0.4) is 0 Å². The number of carbonyl (C=O) groups excluding carboxylic acids is 4. The largest absolute Gasteiger partial charge is 0.343 e. The van der Waals surface area contributed by atoms with E-state index >= 15 is 0 Å². The van der Waals surface area contributed by atoms with Gasteiger partial charge in [0, 0.05) is 91.1 Å². The summed E-state index contributed by atoms with van der Waals surface area (Å²) < 4.78 is 30.1. The Morgan fingerprint density at radius 2 is 1.09 bits per heavy atom. The monoisotopic (exact) mass is 740 g/mol. The minimum atomic E-state index is -0.411. The first-order chi connectivity index (χ1) is 25.3. The lowest BCUT2D eigenvalue weighted by Crippen LogP contribution is -2.41. The summed E-state index contributed by atoms with van der Waals surface area (Å²) in [4.78, 5) is 54.5. The zero-order valence-electron chi connectivity index (χ0n) is 28.9. The van der Waals surface area contributed by atoms with E-state index in [9.17, 15) is 28.0 Å². The molecule has 0 saturated carbocycles. The molecule has 2 saturated heterocycles. The molecule has 3 aliphatic heterocycles. The third kappa shape index (κ3) is 7.37. The van der Waals surface area contributed by atoms with Crippen molar-refractivity contribution in [3.63, 3.8) is 0 Å². The molecule has 4 amide bonds. The molecule has 0 spiro atoms. The summed E-state index contributed by atoms with van der Waals surface area (Å²) in [6.45, 7) is 3.97. The van der Waals surface area contributed by atoms with Crippen molar-refractivity contribution in [3.8, 4) is 0 Å². The molecule has 0 unspecified atom stereocenters. The third-order valence-corrected chi connectivity index (χ3v) is 9.88. The molecule has 8 rings (SSSR count). The molecular weight excluding hydrogens is 702 g/mol. The number of likely N-dealkylation sites (tertiary alicyclic amines) is 2. The molecule has 2 N–H and O–H groups in total. The first kappa shape index (κ1) is 37.2. The minimum absolute atomic E-state index is 0. The lowest BCUT2D eigenvalue weighted by Gasteiger charge is -2.30. The van der Waals surface area contributed by atoms with Gasteiger partial charge in [0.25, 0.3) is 23.6 Å². The van der Waals surface area contributed by atoms with Crippen molar-refractivity contribution in [1.82, 2.24) is 23.8 Å². The van der Waals surface area contributed by atoms with Crippen LogP contribution in [0.15, 0.2) is 109 Å². The van der Waals surface area contributed by atoms with Gasteiger partial charge >= 0.3 is 0 Å². The molecule has 10 nitrogen and oxygen atoms in total. The van der Waals surface area contributed by atoms with Crippen LogP contribution in [0.2, 0.25) is 0 Å². The molecule has 0 atom stereocenters. The van der Waals surface area contributed by atoms with E-state index < -0.39 is 11.8 Å². The maximum Gasteiger partial charge on any atom is 0.261 e. The van der Waals surface area contributed by atoms with E-state index in [1.165, 1.54) is 0 Å². The summed E-state index contributed by atoms with van der Waals surface area (Å²) in [5.41, 5.74) is 10.2. The maximum atomic E-state index is 13.7. The maximum absolute atomic E-state index is 13.7. The van der Waals surface area contributed by atoms with Crippen molar-refractivity contribution in [2.45, 2.75) is 25.9 Å².